The summed E-state index contributed by atoms with van der Waals surface area (Å²) in [5.41, 5.74) is 0. The molecule has 30 valence electrons. The van der Waals surface area contributed by atoms with Crippen molar-refractivity contribution in [2.75, 3.05) is 0 Å². The molecule has 0 amide bonds. The van der Waals surface area contributed by atoms with E-state index < -0.39 is 6.10 Å². The maximum Gasteiger partial charge on any atom is 0.322 e. The fourth-order valence-corrected chi connectivity index (χ4v) is 0.271. The van der Waals surface area contributed by atoms with E-state index in [1.165, 1.54) is 0 Å². The van der Waals surface area contributed by atoms with Gasteiger partial charge in [-0.1, -0.05) is 0 Å². The topological polar surface area (TPSA) is 46.1 Å². The Morgan fingerprint density at radius 3 is 2.33 bits per heavy atom. The first-order chi connectivity index (χ1) is 2.79. The minimum Gasteiger partial charge on any atom is -0.797 e. The van der Waals surface area contributed by atoms with Gasteiger partial charge >= 0.3 is 12.2 Å². The molecule has 0 N–H and O–H groups in total. The van der Waals surface area contributed by atoms with Crippen LogP contribution in [-0.4, -0.2) is 6.10 Å². The first-order valence-corrected chi connectivity index (χ1v) is 1.60. The molecule has 2 heteroatoms. The zero-order valence-electron chi connectivity index (χ0n) is 2.97. The minimum absolute atomic E-state index is 0.255. The van der Waals surface area contributed by atoms with Gasteiger partial charge in [0.15, 0.2) is 6.08 Å². The lowest BCUT2D eigenvalue weighted by atomic mass is 10.1. The van der Waals surface area contributed by atoms with Crippen LogP contribution in [0.15, 0.2) is 11.8 Å². The van der Waals surface area contributed by atoms with Crippen LogP contribution in [0, 0.1) is 6.42 Å². The van der Waals surface area contributed by atoms with E-state index in [0.29, 0.717) is 0 Å². The van der Waals surface area contributed by atoms with Crippen LogP contribution in [0.2, 0.25) is 0 Å². The van der Waals surface area contributed by atoms with Crippen LogP contribution in [0.25, 0.3) is 0 Å². The normalized spacial score (nSPS) is 28.8. The largest absolute Gasteiger partial charge is 0.797 e. The highest BCUT2D eigenvalue weighted by atomic mass is 16.3. The number of hydrogen-bond acceptors (Lipinski definition) is 2. The van der Waals surface area contributed by atoms with Crippen LogP contribution in [-0.2, 0) is 0 Å². The third kappa shape index (κ3) is 0.322. The molecule has 6 heavy (non-hydrogen) atoms. The average molecular weight is 82.1 g/mol. The molecule has 1 unspecified atom stereocenters. The average Bonchev–Trinajstić information content (AvgIpc) is 1.33. The number of hydrogen-bond donors (Lipinski definition) is 0. The predicted octanol–water partition coefficient (Wildman–Crippen LogP) is -1.95. The Balaban J connectivity index is 2.46. The molecule has 0 aromatic rings. The van der Waals surface area contributed by atoms with Crippen molar-refractivity contribution in [3.8, 4) is 0 Å². The Labute approximate surface area is 35.7 Å². The molecule has 2 nitrogen and oxygen atoms in total. The van der Waals surface area contributed by atoms with Crippen molar-refractivity contribution in [2.45, 2.75) is 6.10 Å². The van der Waals surface area contributed by atoms with Crippen LogP contribution in [0.5, 0.6) is 0 Å². The van der Waals surface area contributed by atoms with Gasteiger partial charge in [-0.3, -0.25) is 0 Å². The molecule has 0 heterocycles. The Bertz CT molecular complexity index is 85.5. The Morgan fingerprint density at radius 1 is 1.83 bits per heavy atom. The van der Waals surface area contributed by atoms with E-state index in [1.807, 2.05) is 0 Å². The van der Waals surface area contributed by atoms with E-state index in [1.54, 1.807) is 0 Å². The molecule has 0 bridgehead atoms. The summed E-state index contributed by atoms with van der Waals surface area (Å²) in [6.07, 6.45) is 2.21. The summed E-state index contributed by atoms with van der Waals surface area (Å²) >= 11 is 0. The smallest absolute Gasteiger partial charge is 0.322 e. The zero-order chi connectivity index (χ0) is 4.57. The van der Waals surface area contributed by atoms with Gasteiger partial charge in [0.1, 0.15) is 0 Å². The molecule has 0 aromatic carbocycles. The minimum atomic E-state index is -0.933. The fraction of sp³-hybridized carbons (Fsp3) is 0.250. The first kappa shape index (κ1) is 3.47. The summed E-state index contributed by atoms with van der Waals surface area (Å²) in [6, 6.07) is 0. The molecule has 1 rings (SSSR count). The lowest BCUT2D eigenvalue weighted by Crippen LogP contribution is -2.35. The summed E-state index contributed by atoms with van der Waals surface area (Å²) in [4.78, 5) is 0. The van der Waals surface area contributed by atoms with Gasteiger partial charge < -0.3 is 10.2 Å². The predicted molar refractivity (Wildman–Crippen MR) is 15.1 cm³/mol. The lowest BCUT2D eigenvalue weighted by molar-refractivity contribution is -0.411. The molecule has 1 aliphatic carbocycles. The van der Waals surface area contributed by atoms with Gasteiger partial charge in [-0.25, -0.2) is 0 Å². The molecule has 0 saturated heterocycles. The SMILES string of the molecule is [O-]C1=CC([O-])[C+2]1. The Morgan fingerprint density at radius 2 is 2.33 bits per heavy atom. The van der Waals surface area contributed by atoms with Crippen molar-refractivity contribution in [1.29, 1.82) is 0 Å². The molecule has 0 saturated carbocycles. The molecular formula is C4H2O2. The summed E-state index contributed by atoms with van der Waals surface area (Å²) in [5, 5.41) is 19.5. The van der Waals surface area contributed by atoms with Crippen LogP contribution in [0.4, 0.5) is 0 Å². The van der Waals surface area contributed by atoms with E-state index in [4.69, 9.17) is 0 Å². The Hall–Kier alpha value is -0.720. The molecule has 1 atom stereocenters. The lowest BCUT2D eigenvalue weighted by Gasteiger charge is -2.03. The van der Waals surface area contributed by atoms with E-state index in [-0.39, 0.29) is 5.76 Å². The highest BCUT2D eigenvalue weighted by molar-refractivity contribution is 5.22. The first-order valence-electron chi connectivity index (χ1n) is 1.60. The van der Waals surface area contributed by atoms with Gasteiger partial charge in [-0.15, -0.1) is 0 Å². The quantitative estimate of drug-likeness (QED) is 0.341. The molecule has 0 aromatic heterocycles. The van der Waals surface area contributed by atoms with E-state index in [0.717, 1.165) is 6.08 Å². The highest BCUT2D eigenvalue weighted by Crippen LogP contribution is 2.06. The summed E-state index contributed by atoms with van der Waals surface area (Å²) in [7, 11) is 0. The second-order valence-corrected chi connectivity index (χ2v) is 1.10. The van der Waals surface area contributed by atoms with Crippen LogP contribution in [0.3, 0.4) is 0 Å². The van der Waals surface area contributed by atoms with Gasteiger partial charge in [0.25, 0.3) is 6.10 Å². The van der Waals surface area contributed by atoms with E-state index >= 15 is 0 Å². The molecule has 0 radical (unpaired) electrons. The highest BCUT2D eigenvalue weighted by Gasteiger charge is 2.31. The van der Waals surface area contributed by atoms with Crippen LogP contribution in [0.1, 0.15) is 0 Å². The van der Waals surface area contributed by atoms with Crippen molar-refractivity contribution < 1.29 is 10.2 Å². The Kier molecular flexibility index (Phi) is 0.502. The number of rotatable bonds is 0. The van der Waals surface area contributed by atoms with Gasteiger partial charge in [0, 0.05) is 0 Å². The summed E-state index contributed by atoms with van der Waals surface area (Å²) in [5.74, 6) is -0.255. The second-order valence-electron chi connectivity index (χ2n) is 1.10. The summed E-state index contributed by atoms with van der Waals surface area (Å²) < 4.78 is 0. The molecule has 0 fully saturated rings. The van der Waals surface area contributed by atoms with Crippen molar-refractivity contribution in [3.05, 3.63) is 18.3 Å². The third-order valence-electron chi connectivity index (χ3n) is 0.587. The molecule has 0 spiro atoms. The van der Waals surface area contributed by atoms with E-state index in [2.05, 4.69) is 6.42 Å². The van der Waals surface area contributed by atoms with Crippen molar-refractivity contribution in [2.24, 2.45) is 0 Å². The molecule has 1 aliphatic rings. The monoisotopic (exact) mass is 82.0 g/mol. The molecular weight excluding hydrogens is 80.0 g/mol. The zero-order valence-corrected chi connectivity index (χ0v) is 2.97. The summed E-state index contributed by atoms with van der Waals surface area (Å²) in [6.45, 7) is 0. The van der Waals surface area contributed by atoms with Gasteiger partial charge in [-0.05, 0) is 0 Å². The van der Waals surface area contributed by atoms with Gasteiger partial charge in [0.2, 0.25) is 0 Å². The molecule has 0 aliphatic heterocycles. The second kappa shape index (κ2) is 0.869. The fourth-order valence-electron chi connectivity index (χ4n) is 0.271. The van der Waals surface area contributed by atoms with Crippen molar-refractivity contribution in [3.63, 3.8) is 0 Å². The van der Waals surface area contributed by atoms with Crippen LogP contribution >= 0.6 is 0 Å². The van der Waals surface area contributed by atoms with Crippen molar-refractivity contribution in [1.82, 2.24) is 0 Å². The maximum absolute atomic E-state index is 9.81. The third-order valence-corrected chi connectivity index (χ3v) is 0.587. The van der Waals surface area contributed by atoms with E-state index in [9.17, 15) is 10.2 Å². The van der Waals surface area contributed by atoms with Gasteiger partial charge in [0.05, 0.1) is 0 Å². The maximum atomic E-state index is 9.81. The van der Waals surface area contributed by atoms with Gasteiger partial charge in [-0.2, -0.15) is 0 Å². The standard InChI is InChI=1S/C4H3O2/c5-3-1-4(6)2-3/h1,3,6H/q+1/p-1. The van der Waals surface area contributed by atoms with Crippen molar-refractivity contribution >= 4 is 0 Å². The van der Waals surface area contributed by atoms with Crippen LogP contribution < -0.4 is 10.2 Å².